The maximum absolute atomic E-state index is 13.1. The summed E-state index contributed by atoms with van der Waals surface area (Å²) < 4.78 is 64.2. The molecule has 0 aliphatic heterocycles. The van der Waals surface area contributed by atoms with Crippen molar-refractivity contribution in [2.45, 2.75) is 6.18 Å². The predicted octanol–water partition coefficient (Wildman–Crippen LogP) is 5.07. The summed E-state index contributed by atoms with van der Waals surface area (Å²) in [5.74, 6) is -0.996. The van der Waals surface area contributed by atoms with Crippen LogP contribution in [0.15, 0.2) is 36.4 Å². The first-order chi connectivity index (χ1) is 12.8. The standard InChI is InChI=1S/C16H12Cl3F3N2O3S/c1-28(26,27)24(10-3-4-12(18)13(19)7-10)8-15(25)23-14-5-2-9(17)6-11(14)16(20,21)22/h2-7H,8H2,1H3,(H,23,25). The molecule has 2 aromatic rings. The molecule has 5 nitrogen and oxygen atoms in total. The second-order valence-corrected chi connectivity index (χ2v) is 8.76. The molecule has 0 saturated heterocycles. The number of halogens is 6. The van der Waals surface area contributed by atoms with Gasteiger partial charge in [0.15, 0.2) is 0 Å². The molecule has 0 spiro atoms. The van der Waals surface area contributed by atoms with E-state index >= 15 is 0 Å². The van der Waals surface area contributed by atoms with Crippen LogP contribution < -0.4 is 9.62 Å². The number of hydrogen-bond acceptors (Lipinski definition) is 3. The number of sulfonamides is 1. The van der Waals surface area contributed by atoms with Crippen molar-refractivity contribution in [3.05, 3.63) is 57.0 Å². The smallest absolute Gasteiger partial charge is 0.324 e. The zero-order valence-corrected chi connectivity index (χ0v) is 17.1. The van der Waals surface area contributed by atoms with E-state index in [-0.39, 0.29) is 20.8 Å². The first-order valence-corrected chi connectivity index (χ1v) is 10.4. The monoisotopic (exact) mass is 474 g/mol. The molecule has 0 radical (unpaired) electrons. The summed E-state index contributed by atoms with van der Waals surface area (Å²) in [6.07, 6.45) is -3.93. The summed E-state index contributed by atoms with van der Waals surface area (Å²) in [4.78, 5) is 12.3. The van der Waals surface area contributed by atoms with Crippen LogP contribution >= 0.6 is 34.8 Å². The number of anilines is 2. The molecule has 2 rings (SSSR count). The maximum Gasteiger partial charge on any atom is 0.418 e. The van der Waals surface area contributed by atoms with E-state index in [9.17, 15) is 26.4 Å². The van der Waals surface area contributed by atoms with Gasteiger partial charge in [-0.2, -0.15) is 13.2 Å². The number of hydrogen-bond donors (Lipinski definition) is 1. The third-order valence-electron chi connectivity index (χ3n) is 3.44. The second kappa shape index (κ2) is 8.36. The Balaban J connectivity index is 2.32. The Morgan fingerprint density at radius 3 is 2.25 bits per heavy atom. The molecule has 152 valence electrons. The Bertz CT molecular complexity index is 1010. The van der Waals surface area contributed by atoms with E-state index in [1.807, 2.05) is 0 Å². The van der Waals surface area contributed by atoms with Crippen LogP contribution in [0.2, 0.25) is 15.1 Å². The highest BCUT2D eigenvalue weighted by atomic mass is 35.5. The third-order valence-corrected chi connectivity index (χ3v) is 5.55. The highest BCUT2D eigenvalue weighted by Crippen LogP contribution is 2.36. The first-order valence-electron chi connectivity index (χ1n) is 7.38. The van der Waals surface area contributed by atoms with Crippen molar-refractivity contribution in [2.24, 2.45) is 0 Å². The lowest BCUT2D eigenvalue weighted by molar-refractivity contribution is -0.137. The molecule has 0 heterocycles. The number of nitrogens with zero attached hydrogens (tertiary/aromatic N) is 1. The average Bonchev–Trinajstić information content (AvgIpc) is 2.55. The van der Waals surface area contributed by atoms with Gasteiger partial charge in [0.25, 0.3) is 0 Å². The molecular weight excluding hydrogens is 464 g/mol. The molecule has 0 aromatic heterocycles. The van der Waals surface area contributed by atoms with Crippen LogP contribution in [0.3, 0.4) is 0 Å². The van der Waals surface area contributed by atoms with Crippen molar-refractivity contribution in [3.8, 4) is 0 Å². The predicted molar refractivity (Wildman–Crippen MR) is 104 cm³/mol. The molecule has 0 atom stereocenters. The molecule has 1 N–H and O–H groups in total. The molecule has 0 aliphatic rings. The number of amides is 1. The summed E-state index contributed by atoms with van der Waals surface area (Å²) in [7, 11) is -3.95. The average molecular weight is 476 g/mol. The minimum atomic E-state index is -4.77. The van der Waals surface area contributed by atoms with Gasteiger partial charge in [-0.15, -0.1) is 0 Å². The molecule has 0 saturated carbocycles. The van der Waals surface area contributed by atoms with E-state index in [1.165, 1.54) is 24.3 Å². The molecule has 1 amide bonds. The van der Waals surface area contributed by atoms with Gasteiger partial charge in [0.1, 0.15) is 6.54 Å². The number of benzene rings is 2. The Hall–Kier alpha value is -1.68. The highest BCUT2D eigenvalue weighted by Gasteiger charge is 2.34. The van der Waals surface area contributed by atoms with E-state index in [4.69, 9.17) is 34.8 Å². The van der Waals surface area contributed by atoms with Crippen LogP contribution in [0.25, 0.3) is 0 Å². The molecule has 0 unspecified atom stereocenters. The van der Waals surface area contributed by atoms with Crippen molar-refractivity contribution in [1.29, 1.82) is 0 Å². The minimum Gasteiger partial charge on any atom is -0.324 e. The molecule has 0 fully saturated rings. The molecule has 2 aromatic carbocycles. The van der Waals surface area contributed by atoms with E-state index < -0.39 is 39.9 Å². The van der Waals surface area contributed by atoms with Crippen LogP contribution in [-0.2, 0) is 21.0 Å². The number of carbonyl (C=O) groups excluding carboxylic acids is 1. The van der Waals surface area contributed by atoms with Gasteiger partial charge in [-0.25, -0.2) is 8.42 Å². The summed E-state index contributed by atoms with van der Waals surface area (Å²) >= 11 is 17.2. The van der Waals surface area contributed by atoms with E-state index in [0.717, 1.165) is 12.3 Å². The van der Waals surface area contributed by atoms with Gasteiger partial charge in [0.05, 0.1) is 33.2 Å². The third kappa shape index (κ3) is 5.66. The van der Waals surface area contributed by atoms with Crippen molar-refractivity contribution in [2.75, 3.05) is 22.4 Å². The Morgan fingerprint density at radius 1 is 1.07 bits per heavy atom. The van der Waals surface area contributed by atoms with Crippen molar-refractivity contribution in [1.82, 2.24) is 0 Å². The normalized spacial score (nSPS) is 12.0. The van der Waals surface area contributed by atoms with Gasteiger partial charge < -0.3 is 5.32 Å². The van der Waals surface area contributed by atoms with Gasteiger partial charge >= 0.3 is 6.18 Å². The lowest BCUT2D eigenvalue weighted by Gasteiger charge is -2.23. The highest BCUT2D eigenvalue weighted by molar-refractivity contribution is 7.92. The Labute approximate surface area is 174 Å². The van der Waals surface area contributed by atoms with Gasteiger partial charge in [-0.3, -0.25) is 9.10 Å². The Kier molecular flexibility index (Phi) is 6.75. The van der Waals surface area contributed by atoms with Gasteiger partial charge in [-0.05, 0) is 36.4 Å². The molecule has 12 heteroatoms. The van der Waals surface area contributed by atoms with E-state index in [2.05, 4.69) is 5.32 Å². The molecule has 0 bridgehead atoms. The van der Waals surface area contributed by atoms with Gasteiger partial charge in [-0.1, -0.05) is 34.8 Å². The quantitative estimate of drug-likeness (QED) is 0.656. The van der Waals surface area contributed by atoms with Crippen LogP contribution in [0, 0.1) is 0 Å². The largest absolute Gasteiger partial charge is 0.418 e. The van der Waals surface area contributed by atoms with Crippen LogP contribution in [0.4, 0.5) is 24.5 Å². The van der Waals surface area contributed by atoms with Crippen molar-refractivity contribution < 1.29 is 26.4 Å². The first kappa shape index (κ1) is 22.6. The summed E-state index contributed by atoms with van der Waals surface area (Å²) in [5.41, 5.74) is -1.68. The molecular formula is C16H12Cl3F3N2O3S. The summed E-state index contributed by atoms with van der Waals surface area (Å²) in [6, 6.07) is 6.67. The zero-order valence-electron chi connectivity index (χ0n) is 14.0. The minimum absolute atomic E-state index is 0.0270. The van der Waals surface area contributed by atoms with Crippen LogP contribution in [0.1, 0.15) is 5.56 Å². The molecule has 0 aliphatic carbocycles. The van der Waals surface area contributed by atoms with Crippen LogP contribution in [0.5, 0.6) is 0 Å². The SMILES string of the molecule is CS(=O)(=O)N(CC(=O)Nc1ccc(Cl)cc1C(F)(F)F)c1ccc(Cl)c(Cl)c1. The number of nitrogens with one attached hydrogen (secondary N) is 1. The van der Waals surface area contributed by atoms with Gasteiger partial charge in [0.2, 0.25) is 15.9 Å². The number of carbonyl (C=O) groups is 1. The fraction of sp³-hybridized carbons (Fsp3) is 0.188. The van der Waals surface area contributed by atoms with Crippen LogP contribution in [-0.4, -0.2) is 27.1 Å². The van der Waals surface area contributed by atoms with Crippen molar-refractivity contribution in [3.63, 3.8) is 0 Å². The van der Waals surface area contributed by atoms with E-state index in [1.54, 1.807) is 0 Å². The van der Waals surface area contributed by atoms with E-state index in [0.29, 0.717) is 10.4 Å². The fourth-order valence-corrected chi connectivity index (χ4v) is 3.53. The number of rotatable bonds is 5. The maximum atomic E-state index is 13.1. The van der Waals surface area contributed by atoms with Gasteiger partial charge in [0, 0.05) is 5.02 Å². The topological polar surface area (TPSA) is 66.5 Å². The summed E-state index contributed by atoms with van der Waals surface area (Å²) in [6.45, 7) is -0.781. The Morgan fingerprint density at radius 2 is 1.71 bits per heavy atom. The lowest BCUT2D eigenvalue weighted by Crippen LogP contribution is -2.37. The fourth-order valence-electron chi connectivity index (χ4n) is 2.22. The zero-order chi connectivity index (χ0) is 21.3. The lowest BCUT2D eigenvalue weighted by atomic mass is 10.1. The second-order valence-electron chi connectivity index (χ2n) is 5.60. The van der Waals surface area contributed by atoms with Crippen molar-refractivity contribution >= 4 is 62.1 Å². The molecule has 28 heavy (non-hydrogen) atoms. The number of alkyl halides is 3. The summed E-state index contributed by atoms with van der Waals surface area (Å²) in [5, 5.41) is 2.10.